The van der Waals surface area contributed by atoms with Crippen molar-refractivity contribution in [3.8, 4) is 17.1 Å². The van der Waals surface area contributed by atoms with Crippen molar-refractivity contribution < 1.29 is 9.66 Å². The Morgan fingerprint density at radius 3 is 2.67 bits per heavy atom. The highest BCUT2D eigenvalue weighted by Gasteiger charge is 2.14. The lowest BCUT2D eigenvalue weighted by molar-refractivity contribution is -0.385. The molecule has 0 amide bonds. The number of nitrogens with one attached hydrogen (secondary N) is 1. The summed E-state index contributed by atoms with van der Waals surface area (Å²) in [7, 11) is 1.61. The summed E-state index contributed by atoms with van der Waals surface area (Å²) >= 11 is 1.35. The number of H-pyrrole nitrogens is 1. The molecule has 0 aliphatic heterocycles. The monoisotopic (exact) mass is 342 g/mol. The van der Waals surface area contributed by atoms with Gasteiger partial charge in [-0.05, 0) is 24.3 Å². The summed E-state index contributed by atoms with van der Waals surface area (Å²) in [6.45, 7) is 0. The number of hydrogen-bond donors (Lipinski definition) is 1. The molecule has 7 nitrogen and oxygen atoms in total. The van der Waals surface area contributed by atoms with Gasteiger partial charge in [0.25, 0.3) is 5.69 Å². The lowest BCUT2D eigenvalue weighted by atomic mass is 10.2. The molecule has 1 heterocycles. The van der Waals surface area contributed by atoms with Gasteiger partial charge in [0.15, 0.2) is 5.82 Å². The first-order valence-electron chi connectivity index (χ1n) is 7.09. The Morgan fingerprint density at radius 2 is 1.96 bits per heavy atom. The number of methoxy groups -OCH3 is 1. The van der Waals surface area contributed by atoms with Crippen LogP contribution in [-0.2, 0) is 5.75 Å². The first kappa shape index (κ1) is 16.0. The number of hydrogen-bond acceptors (Lipinski definition) is 6. The summed E-state index contributed by atoms with van der Waals surface area (Å²) in [5.41, 5.74) is 1.64. The lowest BCUT2D eigenvalue weighted by Gasteiger charge is -2.00. The molecule has 122 valence electrons. The van der Waals surface area contributed by atoms with Crippen molar-refractivity contribution in [2.75, 3.05) is 7.11 Å². The predicted octanol–water partition coefficient (Wildman–Crippen LogP) is 3.68. The molecule has 0 spiro atoms. The van der Waals surface area contributed by atoms with Crippen LogP contribution in [0.2, 0.25) is 0 Å². The van der Waals surface area contributed by atoms with Crippen molar-refractivity contribution in [1.29, 1.82) is 0 Å². The van der Waals surface area contributed by atoms with Crippen molar-refractivity contribution in [2.45, 2.75) is 10.9 Å². The fourth-order valence-corrected chi connectivity index (χ4v) is 2.94. The molecule has 0 fully saturated rings. The van der Waals surface area contributed by atoms with Gasteiger partial charge in [-0.2, -0.15) is 0 Å². The second-order valence-electron chi connectivity index (χ2n) is 4.87. The van der Waals surface area contributed by atoms with Crippen LogP contribution in [0.5, 0.6) is 5.75 Å². The number of nitrogens with zero attached hydrogens (tertiary/aromatic N) is 3. The molecule has 3 rings (SSSR count). The van der Waals surface area contributed by atoms with Crippen molar-refractivity contribution >= 4 is 17.4 Å². The molecular formula is C16H14N4O3S. The molecule has 0 unspecified atom stereocenters. The van der Waals surface area contributed by atoms with E-state index in [1.807, 2.05) is 24.3 Å². The minimum absolute atomic E-state index is 0.107. The van der Waals surface area contributed by atoms with E-state index in [1.54, 1.807) is 25.3 Å². The highest BCUT2D eigenvalue weighted by molar-refractivity contribution is 7.98. The Balaban J connectivity index is 1.71. The normalized spacial score (nSPS) is 10.5. The number of benzene rings is 2. The number of nitro groups is 1. The average Bonchev–Trinajstić information content (AvgIpc) is 3.09. The van der Waals surface area contributed by atoms with Gasteiger partial charge in [-0.3, -0.25) is 15.2 Å². The third kappa shape index (κ3) is 3.54. The summed E-state index contributed by atoms with van der Waals surface area (Å²) < 4.78 is 5.12. The van der Waals surface area contributed by atoms with E-state index in [1.165, 1.54) is 17.8 Å². The van der Waals surface area contributed by atoms with Gasteiger partial charge in [0, 0.05) is 22.9 Å². The van der Waals surface area contributed by atoms with Gasteiger partial charge in [0.2, 0.25) is 5.16 Å². The minimum atomic E-state index is -0.378. The third-order valence-electron chi connectivity index (χ3n) is 3.37. The Labute approximate surface area is 142 Å². The number of nitro benzene ring substituents is 1. The molecule has 8 heteroatoms. The Hall–Kier alpha value is -2.87. The summed E-state index contributed by atoms with van der Waals surface area (Å²) in [5, 5.41) is 18.6. The van der Waals surface area contributed by atoms with Crippen LogP contribution in [-0.4, -0.2) is 27.2 Å². The molecule has 0 aliphatic carbocycles. The van der Waals surface area contributed by atoms with Crippen LogP contribution in [0.4, 0.5) is 5.69 Å². The molecule has 0 radical (unpaired) electrons. The van der Waals surface area contributed by atoms with E-state index in [4.69, 9.17) is 4.74 Å². The highest BCUT2D eigenvalue weighted by atomic mass is 32.2. The van der Waals surface area contributed by atoms with Crippen LogP contribution in [0.25, 0.3) is 11.4 Å². The Bertz CT molecular complexity index is 849. The second-order valence-corrected chi connectivity index (χ2v) is 5.81. The highest BCUT2D eigenvalue weighted by Crippen LogP contribution is 2.27. The first-order chi connectivity index (χ1) is 11.7. The zero-order valence-corrected chi connectivity index (χ0v) is 13.6. The van der Waals surface area contributed by atoms with Crippen LogP contribution in [0.3, 0.4) is 0 Å². The molecule has 0 atom stereocenters. The summed E-state index contributed by atoms with van der Waals surface area (Å²) in [4.78, 5) is 15.1. The van der Waals surface area contributed by atoms with Gasteiger partial charge >= 0.3 is 0 Å². The van der Waals surface area contributed by atoms with Crippen LogP contribution >= 0.6 is 11.8 Å². The van der Waals surface area contributed by atoms with Gasteiger partial charge < -0.3 is 4.74 Å². The van der Waals surface area contributed by atoms with Crippen molar-refractivity contribution in [3.05, 3.63) is 64.2 Å². The number of aromatic nitrogens is 3. The summed E-state index contributed by atoms with van der Waals surface area (Å²) in [6, 6.07) is 14.1. The molecule has 0 saturated carbocycles. The minimum Gasteiger partial charge on any atom is -0.497 e. The molecule has 0 bridgehead atoms. The summed E-state index contributed by atoms with van der Waals surface area (Å²) in [6.07, 6.45) is 0. The second kappa shape index (κ2) is 7.14. The maximum absolute atomic E-state index is 11.0. The number of aromatic amines is 1. The molecule has 0 aliphatic rings. The van der Waals surface area contributed by atoms with Crippen molar-refractivity contribution in [2.24, 2.45) is 0 Å². The maximum Gasteiger partial charge on any atom is 0.273 e. The first-order valence-corrected chi connectivity index (χ1v) is 8.08. The average molecular weight is 342 g/mol. The fourth-order valence-electron chi connectivity index (χ4n) is 2.14. The topological polar surface area (TPSA) is 93.9 Å². The molecule has 3 aromatic rings. The molecule has 2 aromatic carbocycles. The van der Waals surface area contributed by atoms with E-state index in [-0.39, 0.29) is 10.6 Å². The van der Waals surface area contributed by atoms with Gasteiger partial charge in [0.1, 0.15) is 5.75 Å². The van der Waals surface area contributed by atoms with E-state index in [2.05, 4.69) is 15.2 Å². The Kier molecular flexibility index (Phi) is 4.76. The summed E-state index contributed by atoms with van der Waals surface area (Å²) in [5.74, 6) is 1.84. The number of ether oxygens (including phenoxy) is 1. The van der Waals surface area contributed by atoms with Crippen molar-refractivity contribution in [1.82, 2.24) is 15.2 Å². The largest absolute Gasteiger partial charge is 0.497 e. The van der Waals surface area contributed by atoms with E-state index < -0.39 is 0 Å². The predicted molar refractivity (Wildman–Crippen MR) is 91.0 cm³/mol. The van der Waals surface area contributed by atoms with E-state index in [0.29, 0.717) is 22.3 Å². The maximum atomic E-state index is 11.0. The SMILES string of the molecule is COc1ccc(-c2nc(SCc3ccccc3[N+](=O)[O-])n[nH]2)cc1. The lowest BCUT2D eigenvalue weighted by Crippen LogP contribution is -1.93. The van der Waals surface area contributed by atoms with Crippen LogP contribution in [0.15, 0.2) is 53.7 Å². The van der Waals surface area contributed by atoms with E-state index in [0.717, 1.165) is 11.3 Å². The molecular weight excluding hydrogens is 328 g/mol. The van der Waals surface area contributed by atoms with Crippen LogP contribution in [0.1, 0.15) is 5.56 Å². The third-order valence-corrected chi connectivity index (χ3v) is 4.27. The van der Waals surface area contributed by atoms with Crippen molar-refractivity contribution in [3.63, 3.8) is 0 Å². The zero-order chi connectivity index (χ0) is 16.9. The number of para-hydroxylation sites is 1. The van der Waals surface area contributed by atoms with Crippen LogP contribution in [0, 0.1) is 10.1 Å². The fraction of sp³-hybridized carbons (Fsp3) is 0.125. The van der Waals surface area contributed by atoms with Gasteiger partial charge in [-0.1, -0.05) is 30.0 Å². The standard InChI is InChI=1S/C16H14N4O3S/c1-23-13-8-6-11(7-9-13)15-17-16(19-18-15)24-10-12-4-2-3-5-14(12)20(21)22/h2-9H,10H2,1H3,(H,17,18,19). The van der Waals surface area contributed by atoms with Crippen LogP contribution < -0.4 is 4.74 Å². The van der Waals surface area contributed by atoms with Gasteiger partial charge in [-0.15, -0.1) is 5.10 Å². The smallest absolute Gasteiger partial charge is 0.273 e. The molecule has 24 heavy (non-hydrogen) atoms. The number of rotatable bonds is 6. The van der Waals surface area contributed by atoms with Gasteiger partial charge in [-0.25, -0.2) is 4.98 Å². The van der Waals surface area contributed by atoms with Gasteiger partial charge in [0.05, 0.1) is 12.0 Å². The zero-order valence-electron chi connectivity index (χ0n) is 12.8. The molecule has 1 N–H and O–H groups in total. The molecule has 0 saturated heterocycles. The Morgan fingerprint density at radius 1 is 1.21 bits per heavy atom. The van der Waals surface area contributed by atoms with E-state index >= 15 is 0 Å². The van der Waals surface area contributed by atoms with E-state index in [9.17, 15) is 10.1 Å². The number of thioether (sulfide) groups is 1. The quantitative estimate of drug-likeness (QED) is 0.417. The molecule has 1 aromatic heterocycles.